The maximum Gasteiger partial charge on any atom is 0.175 e. The predicted molar refractivity (Wildman–Crippen MR) is 107 cm³/mol. The number of rotatable bonds is 4. The summed E-state index contributed by atoms with van der Waals surface area (Å²) in [6, 6.07) is 18.3. The summed E-state index contributed by atoms with van der Waals surface area (Å²) in [7, 11) is 1.65. The number of aryl methyl sites for hydroxylation is 1. The Morgan fingerprint density at radius 2 is 1.62 bits per heavy atom. The molecule has 0 amide bonds. The number of methoxy groups -OCH3 is 1. The molecule has 0 atom stereocenters. The molecule has 0 saturated carbocycles. The lowest BCUT2D eigenvalue weighted by Gasteiger charge is -2.09. The minimum absolute atomic E-state index is 0.563. The van der Waals surface area contributed by atoms with Gasteiger partial charge in [-0.2, -0.15) is 0 Å². The van der Waals surface area contributed by atoms with Crippen molar-refractivity contribution in [3.05, 3.63) is 65.5 Å². The Bertz CT molecular complexity index is 823. The normalized spacial score (nSPS) is 10.2. The van der Waals surface area contributed by atoms with E-state index in [-0.39, 0.29) is 0 Å². The number of thiocarbonyl (C=S) groups is 1. The quantitative estimate of drug-likeness (QED) is 0.603. The van der Waals surface area contributed by atoms with E-state index in [1.165, 1.54) is 16.0 Å². The van der Waals surface area contributed by atoms with Gasteiger partial charge in [0.25, 0.3) is 0 Å². The molecule has 1 heterocycles. The number of hydrogen-bond donors (Lipinski definition) is 2. The molecule has 0 spiro atoms. The number of hydrogen-bond acceptors (Lipinski definition) is 3. The van der Waals surface area contributed by atoms with E-state index in [9.17, 15) is 0 Å². The summed E-state index contributed by atoms with van der Waals surface area (Å²) in [4.78, 5) is 1.21. The molecule has 0 unspecified atom stereocenters. The van der Waals surface area contributed by atoms with Crippen LogP contribution in [0.3, 0.4) is 0 Å². The molecule has 5 heteroatoms. The molecule has 0 aliphatic carbocycles. The molecule has 3 nitrogen and oxygen atoms in total. The number of benzene rings is 2. The van der Waals surface area contributed by atoms with Gasteiger partial charge in [0, 0.05) is 15.9 Å². The van der Waals surface area contributed by atoms with Gasteiger partial charge in [-0.1, -0.05) is 29.8 Å². The van der Waals surface area contributed by atoms with Gasteiger partial charge >= 0.3 is 0 Å². The lowest BCUT2D eigenvalue weighted by molar-refractivity contribution is 0.415. The van der Waals surface area contributed by atoms with Crippen molar-refractivity contribution >= 4 is 40.0 Å². The van der Waals surface area contributed by atoms with Crippen LogP contribution in [0, 0.1) is 6.92 Å². The Labute approximate surface area is 151 Å². The molecule has 2 N–H and O–H groups in total. The van der Waals surface area contributed by atoms with E-state index < -0.39 is 0 Å². The van der Waals surface area contributed by atoms with Crippen molar-refractivity contribution in [2.75, 3.05) is 17.7 Å². The lowest BCUT2D eigenvalue weighted by atomic mass is 10.1. The highest BCUT2D eigenvalue weighted by molar-refractivity contribution is 7.80. The van der Waals surface area contributed by atoms with Crippen molar-refractivity contribution in [1.29, 1.82) is 0 Å². The van der Waals surface area contributed by atoms with Crippen molar-refractivity contribution in [1.82, 2.24) is 0 Å². The van der Waals surface area contributed by atoms with Crippen LogP contribution in [-0.2, 0) is 0 Å². The van der Waals surface area contributed by atoms with Crippen molar-refractivity contribution in [3.63, 3.8) is 0 Å². The van der Waals surface area contributed by atoms with E-state index in [4.69, 9.17) is 17.0 Å². The van der Waals surface area contributed by atoms with E-state index in [0.29, 0.717) is 5.11 Å². The third-order valence-electron chi connectivity index (χ3n) is 3.54. The third kappa shape index (κ3) is 4.13. The Morgan fingerprint density at radius 3 is 2.29 bits per heavy atom. The zero-order valence-electron chi connectivity index (χ0n) is 13.5. The van der Waals surface area contributed by atoms with Crippen molar-refractivity contribution in [2.24, 2.45) is 0 Å². The van der Waals surface area contributed by atoms with Crippen molar-refractivity contribution < 1.29 is 4.74 Å². The van der Waals surface area contributed by atoms with Gasteiger partial charge in [-0.05, 0) is 55.0 Å². The molecule has 2 aromatic carbocycles. The van der Waals surface area contributed by atoms with Gasteiger partial charge in [0.2, 0.25) is 0 Å². The summed E-state index contributed by atoms with van der Waals surface area (Å²) >= 11 is 7.07. The van der Waals surface area contributed by atoms with E-state index in [2.05, 4.69) is 53.3 Å². The maximum atomic E-state index is 5.37. The van der Waals surface area contributed by atoms with Crippen LogP contribution in [0.1, 0.15) is 5.56 Å². The third-order valence-corrected chi connectivity index (χ3v) is 4.72. The topological polar surface area (TPSA) is 33.3 Å². The van der Waals surface area contributed by atoms with Gasteiger partial charge in [0.05, 0.1) is 12.8 Å². The van der Waals surface area contributed by atoms with Gasteiger partial charge in [0.1, 0.15) is 5.75 Å². The Morgan fingerprint density at radius 1 is 0.958 bits per heavy atom. The van der Waals surface area contributed by atoms with Crippen LogP contribution in [0.15, 0.2) is 60.0 Å². The Balaban J connectivity index is 1.63. The molecule has 0 bridgehead atoms. The Kier molecular flexibility index (Phi) is 5.13. The molecule has 0 aliphatic rings. The summed E-state index contributed by atoms with van der Waals surface area (Å²) in [6.45, 7) is 2.09. The van der Waals surface area contributed by atoms with Crippen LogP contribution < -0.4 is 15.4 Å². The highest BCUT2D eigenvalue weighted by atomic mass is 32.1. The van der Waals surface area contributed by atoms with Gasteiger partial charge in [-0.3, -0.25) is 0 Å². The molecule has 0 fully saturated rings. The standard InChI is InChI=1S/C19H18N2OS2/c1-13-3-5-14(6-4-13)18-11-16(12-24-18)21-19(23)20-15-7-9-17(22-2)10-8-15/h3-12H,1-2H3,(H2,20,21,23). The molecule has 3 aromatic rings. The summed E-state index contributed by atoms with van der Waals surface area (Å²) in [6.07, 6.45) is 0. The van der Waals surface area contributed by atoms with Crippen molar-refractivity contribution in [2.45, 2.75) is 6.92 Å². The summed E-state index contributed by atoms with van der Waals surface area (Å²) < 4.78 is 5.15. The first-order valence-corrected chi connectivity index (χ1v) is 8.80. The fourth-order valence-electron chi connectivity index (χ4n) is 2.24. The molecule has 0 radical (unpaired) electrons. The number of nitrogens with one attached hydrogen (secondary N) is 2. The second kappa shape index (κ2) is 7.47. The maximum absolute atomic E-state index is 5.37. The molecule has 0 saturated heterocycles. The van der Waals surface area contributed by atoms with Crippen LogP contribution in [0.4, 0.5) is 11.4 Å². The first-order valence-electron chi connectivity index (χ1n) is 7.52. The highest BCUT2D eigenvalue weighted by Crippen LogP contribution is 2.30. The molecule has 24 heavy (non-hydrogen) atoms. The summed E-state index contributed by atoms with van der Waals surface area (Å²) in [5.74, 6) is 0.819. The molecule has 0 aliphatic heterocycles. The van der Waals surface area contributed by atoms with Gasteiger partial charge in [0.15, 0.2) is 5.11 Å². The molecule has 1 aromatic heterocycles. The zero-order chi connectivity index (χ0) is 16.9. The highest BCUT2D eigenvalue weighted by Gasteiger charge is 2.05. The first kappa shape index (κ1) is 16.5. The SMILES string of the molecule is COc1ccc(NC(=S)Nc2csc(-c3ccc(C)cc3)c2)cc1. The second-order valence-corrected chi connectivity index (χ2v) is 6.69. The summed E-state index contributed by atoms with van der Waals surface area (Å²) in [5.41, 5.74) is 4.38. The molecular weight excluding hydrogens is 336 g/mol. The zero-order valence-corrected chi connectivity index (χ0v) is 15.1. The van der Waals surface area contributed by atoms with Crippen LogP contribution >= 0.6 is 23.6 Å². The fraction of sp³-hybridized carbons (Fsp3) is 0.105. The second-order valence-electron chi connectivity index (χ2n) is 5.37. The minimum atomic E-state index is 0.563. The number of ether oxygens (including phenoxy) is 1. The average molecular weight is 355 g/mol. The number of thiophene rings is 1. The average Bonchev–Trinajstić information content (AvgIpc) is 3.04. The minimum Gasteiger partial charge on any atom is -0.497 e. The number of anilines is 2. The van der Waals surface area contributed by atoms with Crippen LogP contribution in [-0.4, -0.2) is 12.2 Å². The van der Waals surface area contributed by atoms with E-state index in [1.54, 1.807) is 18.4 Å². The monoisotopic (exact) mass is 354 g/mol. The van der Waals surface area contributed by atoms with E-state index >= 15 is 0 Å². The fourth-order valence-corrected chi connectivity index (χ4v) is 3.32. The molecule has 3 rings (SSSR count). The van der Waals surface area contributed by atoms with Crippen LogP contribution in [0.5, 0.6) is 5.75 Å². The largest absolute Gasteiger partial charge is 0.497 e. The Hall–Kier alpha value is -2.37. The van der Waals surface area contributed by atoms with Gasteiger partial charge in [-0.15, -0.1) is 11.3 Å². The van der Waals surface area contributed by atoms with Gasteiger partial charge in [-0.25, -0.2) is 0 Å². The van der Waals surface area contributed by atoms with Crippen molar-refractivity contribution in [3.8, 4) is 16.2 Å². The van der Waals surface area contributed by atoms with E-state index in [0.717, 1.165) is 17.1 Å². The molecule has 122 valence electrons. The van der Waals surface area contributed by atoms with Crippen LogP contribution in [0.25, 0.3) is 10.4 Å². The van der Waals surface area contributed by atoms with Gasteiger partial charge < -0.3 is 15.4 Å². The smallest absolute Gasteiger partial charge is 0.175 e. The lowest BCUT2D eigenvalue weighted by Crippen LogP contribution is -2.18. The van der Waals surface area contributed by atoms with E-state index in [1.807, 2.05) is 24.3 Å². The molecular formula is C19H18N2OS2. The predicted octanol–water partition coefficient (Wildman–Crippen LogP) is 5.54. The summed E-state index contributed by atoms with van der Waals surface area (Å²) in [5, 5.41) is 9.02. The first-order chi connectivity index (χ1) is 11.6. The van der Waals surface area contributed by atoms with Crippen LogP contribution in [0.2, 0.25) is 0 Å².